The Labute approximate surface area is 125 Å². The van der Waals surface area contributed by atoms with Crippen LogP contribution >= 0.6 is 23.4 Å². The van der Waals surface area contributed by atoms with Crippen LogP contribution < -0.4 is 5.32 Å². The van der Waals surface area contributed by atoms with Crippen molar-refractivity contribution in [1.29, 1.82) is 0 Å². The van der Waals surface area contributed by atoms with Crippen molar-refractivity contribution in [2.45, 2.75) is 39.2 Å². The van der Waals surface area contributed by atoms with Crippen molar-refractivity contribution in [2.75, 3.05) is 18.1 Å². The Morgan fingerprint density at radius 2 is 2.11 bits per heavy atom. The van der Waals surface area contributed by atoms with Crippen LogP contribution in [-0.4, -0.2) is 24.1 Å². The number of thioether (sulfide) groups is 1. The van der Waals surface area contributed by atoms with Gasteiger partial charge in [-0.25, -0.2) is 4.39 Å². The lowest BCUT2D eigenvalue weighted by Crippen LogP contribution is -2.34. The molecule has 0 saturated carbocycles. The molecule has 19 heavy (non-hydrogen) atoms. The number of hydrogen-bond donors (Lipinski definition) is 1. The van der Waals surface area contributed by atoms with Crippen LogP contribution in [0.1, 0.15) is 32.3 Å². The van der Waals surface area contributed by atoms with E-state index < -0.39 is 0 Å². The van der Waals surface area contributed by atoms with Gasteiger partial charge in [0.2, 0.25) is 0 Å². The molecular weight excluding hydrogens is 281 g/mol. The van der Waals surface area contributed by atoms with Gasteiger partial charge >= 0.3 is 0 Å². The highest BCUT2D eigenvalue weighted by Gasteiger charge is 2.12. The second-order valence-electron chi connectivity index (χ2n) is 4.67. The Hall–Kier alpha value is -0.250. The minimum Gasteiger partial charge on any atom is -0.313 e. The highest BCUT2D eigenvalue weighted by Crippen LogP contribution is 2.20. The molecule has 0 aliphatic carbocycles. The van der Waals surface area contributed by atoms with E-state index in [1.54, 1.807) is 12.1 Å². The first-order chi connectivity index (χ1) is 9.17. The first-order valence-electron chi connectivity index (χ1n) is 6.92. The normalized spacial score (nSPS) is 12.6. The predicted molar refractivity (Wildman–Crippen MR) is 84.8 cm³/mol. The largest absolute Gasteiger partial charge is 0.313 e. The van der Waals surface area contributed by atoms with Gasteiger partial charge in [-0.3, -0.25) is 0 Å². The fraction of sp³-hybridized carbons (Fsp3) is 0.600. The minimum atomic E-state index is -0.213. The third-order valence-corrected chi connectivity index (χ3v) is 4.53. The highest BCUT2D eigenvalue weighted by molar-refractivity contribution is 7.99. The summed E-state index contributed by atoms with van der Waals surface area (Å²) in [6.07, 6.45) is 3.07. The average molecular weight is 304 g/mol. The smallest absolute Gasteiger partial charge is 0.123 e. The zero-order valence-corrected chi connectivity index (χ0v) is 13.3. The lowest BCUT2D eigenvalue weighted by molar-refractivity contribution is 0.547. The average Bonchev–Trinajstić information content (AvgIpc) is 2.40. The third-order valence-electron chi connectivity index (χ3n) is 2.82. The Balaban J connectivity index is 2.61. The van der Waals surface area contributed by atoms with Crippen molar-refractivity contribution in [2.24, 2.45) is 0 Å². The van der Waals surface area contributed by atoms with E-state index in [1.165, 1.54) is 18.2 Å². The maximum Gasteiger partial charge on any atom is 0.123 e. The van der Waals surface area contributed by atoms with Gasteiger partial charge in [0.1, 0.15) is 5.82 Å². The number of halogens is 2. The zero-order valence-electron chi connectivity index (χ0n) is 11.7. The first-order valence-corrected chi connectivity index (χ1v) is 8.45. The van der Waals surface area contributed by atoms with E-state index >= 15 is 0 Å². The molecule has 4 heteroatoms. The number of benzene rings is 1. The maximum atomic E-state index is 13.3. The quantitative estimate of drug-likeness (QED) is 0.673. The summed E-state index contributed by atoms with van der Waals surface area (Å²) < 4.78 is 13.3. The van der Waals surface area contributed by atoms with Gasteiger partial charge in [0.05, 0.1) is 0 Å². The van der Waals surface area contributed by atoms with Crippen LogP contribution in [0.3, 0.4) is 0 Å². The van der Waals surface area contributed by atoms with E-state index in [0.29, 0.717) is 11.1 Å². The summed E-state index contributed by atoms with van der Waals surface area (Å²) >= 11 is 8.08. The molecule has 0 radical (unpaired) electrons. The van der Waals surface area contributed by atoms with Gasteiger partial charge in [-0.15, -0.1) is 0 Å². The van der Waals surface area contributed by atoms with Gasteiger partial charge in [-0.05, 0) is 55.3 Å². The molecule has 0 aliphatic heterocycles. The molecule has 1 aromatic carbocycles. The van der Waals surface area contributed by atoms with Crippen molar-refractivity contribution in [1.82, 2.24) is 5.32 Å². The summed E-state index contributed by atoms with van der Waals surface area (Å²) in [5.41, 5.74) is 0.896. The van der Waals surface area contributed by atoms with Crippen molar-refractivity contribution >= 4 is 23.4 Å². The van der Waals surface area contributed by atoms with Crippen LogP contribution in [0.4, 0.5) is 4.39 Å². The molecule has 0 saturated heterocycles. The maximum absolute atomic E-state index is 13.3. The van der Waals surface area contributed by atoms with Gasteiger partial charge in [0.25, 0.3) is 0 Å². The fourth-order valence-electron chi connectivity index (χ4n) is 1.87. The molecule has 108 valence electrons. The molecule has 0 heterocycles. The van der Waals surface area contributed by atoms with E-state index in [0.717, 1.165) is 30.7 Å². The highest BCUT2D eigenvalue weighted by atomic mass is 35.5. The molecule has 1 N–H and O–H groups in total. The molecule has 0 fully saturated rings. The lowest BCUT2D eigenvalue weighted by atomic mass is 10.1. The van der Waals surface area contributed by atoms with Crippen molar-refractivity contribution in [3.63, 3.8) is 0 Å². The number of hydrogen-bond acceptors (Lipinski definition) is 2. The monoisotopic (exact) mass is 303 g/mol. The topological polar surface area (TPSA) is 12.0 Å². The van der Waals surface area contributed by atoms with E-state index in [4.69, 9.17) is 11.6 Å². The van der Waals surface area contributed by atoms with E-state index in [-0.39, 0.29) is 5.82 Å². The van der Waals surface area contributed by atoms with Crippen molar-refractivity contribution in [3.05, 3.63) is 34.6 Å². The third kappa shape index (κ3) is 6.64. The number of nitrogens with one attached hydrogen (secondary N) is 1. The van der Waals surface area contributed by atoms with Crippen LogP contribution in [0.25, 0.3) is 0 Å². The van der Waals surface area contributed by atoms with Crippen molar-refractivity contribution < 1.29 is 4.39 Å². The zero-order chi connectivity index (χ0) is 14.1. The van der Waals surface area contributed by atoms with Gasteiger partial charge in [-0.1, -0.05) is 25.4 Å². The van der Waals surface area contributed by atoms with Crippen molar-refractivity contribution in [3.8, 4) is 0 Å². The second-order valence-corrected chi connectivity index (χ2v) is 6.22. The fourth-order valence-corrected chi connectivity index (χ4v) is 3.04. The van der Waals surface area contributed by atoms with Crippen LogP contribution in [-0.2, 0) is 6.42 Å². The van der Waals surface area contributed by atoms with Crippen LogP contribution in [0.2, 0.25) is 5.02 Å². The van der Waals surface area contributed by atoms with Gasteiger partial charge in [-0.2, -0.15) is 11.8 Å². The molecule has 0 aliphatic rings. The van der Waals surface area contributed by atoms with Crippen LogP contribution in [0, 0.1) is 5.82 Å². The molecule has 1 rings (SSSR count). The molecule has 0 spiro atoms. The summed E-state index contributed by atoms with van der Waals surface area (Å²) in [5.74, 6) is 2.00. The standard InChI is InChI=1S/C15H23ClFNS/c1-3-7-18-14(11-19-8-4-2)10-12-9-13(17)5-6-15(12)16/h5-6,9,14,18H,3-4,7-8,10-11H2,1-2H3. The minimum absolute atomic E-state index is 0.213. The van der Waals surface area contributed by atoms with Crippen LogP contribution in [0.5, 0.6) is 0 Å². The van der Waals surface area contributed by atoms with Gasteiger partial charge in [0, 0.05) is 16.8 Å². The number of rotatable bonds is 9. The van der Waals surface area contributed by atoms with Gasteiger partial charge < -0.3 is 5.32 Å². The Morgan fingerprint density at radius 1 is 1.32 bits per heavy atom. The molecule has 1 unspecified atom stereocenters. The molecule has 0 bridgehead atoms. The molecule has 1 atom stereocenters. The van der Waals surface area contributed by atoms with E-state index in [9.17, 15) is 4.39 Å². The first kappa shape index (κ1) is 16.8. The van der Waals surface area contributed by atoms with E-state index in [1.807, 2.05) is 11.8 Å². The summed E-state index contributed by atoms with van der Waals surface area (Å²) in [5, 5.41) is 4.18. The summed E-state index contributed by atoms with van der Waals surface area (Å²) in [6.45, 7) is 5.33. The molecule has 1 aromatic rings. The molecule has 1 nitrogen and oxygen atoms in total. The molecule has 0 amide bonds. The second kappa shape index (κ2) is 9.62. The Bertz CT molecular complexity index is 373. The Morgan fingerprint density at radius 3 is 2.79 bits per heavy atom. The predicted octanol–water partition coefficient (Wildman–Crippen LogP) is 4.53. The van der Waals surface area contributed by atoms with E-state index in [2.05, 4.69) is 19.2 Å². The summed E-state index contributed by atoms with van der Waals surface area (Å²) in [7, 11) is 0. The molecular formula is C15H23ClFNS. The summed E-state index contributed by atoms with van der Waals surface area (Å²) in [4.78, 5) is 0. The SMILES string of the molecule is CCCNC(CSCCC)Cc1cc(F)ccc1Cl. The lowest BCUT2D eigenvalue weighted by Gasteiger charge is -2.19. The Kier molecular flexibility index (Phi) is 8.51. The van der Waals surface area contributed by atoms with Crippen LogP contribution in [0.15, 0.2) is 18.2 Å². The molecule has 0 aromatic heterocycles. The van der Waals surface area contributed by atoms with Gasteiger partial charge in [0.15, 0.2) is 0 Å². The summed E-state index contributed by atoms with van der Waals surface area (Å²) in [6, 6.07) is 4.96.